The predicted octanol–water partition coefficient (Wildman–Crippen LogP) is 6.77. The summed E-state index contributed by atoms with van der Waals surface area (Å²) < 4.78 is 28.9. The van der Waals surface area contributed by atoms with Crippen LogP contribution in [0.15, 0.2) is 83.1 Å². The zero-order chi connectivity index (χ0) is 27.8. The van der Waals surface area contributed by atoms with Gasteiger partial charge in [0.25, 0.3) is 0 Å². The van der Waals surface area contributed by atoms with E-state index in [1.807, 2.05) is 42.2 Å². The summed E-state index contributed by atoms with van der Waals surface area (Å²) in [6.45, 7) is 9.16. The number of sulfonamides is 1. The van der Waals surface area contributed by atoms with Crippen molar-refractivity contribution in [2.24, 2.45) is 0 Å². The summed E-state index contributed by atoms with van der Waals surface area (Å²) in [4.78, 5) is 17.3. The van der Waals surface area contributed by atoms with Crippen LogP contribution in [0.3, 0.4) is 0 Å². The quantitative estimate of drug-likeness (QED) is 0.251. The van der Waals surface area contributed by atoms with Crippen molar-refractivity contribution in [2.45, 2.75) is 56.9 Å². The van der Waals surface area contributed by atoms with Crippen molar-refractivity contribution in [1.82, 2.24) is 9.21 Å². The summed E-state index contributed by atoms with van der Waals surface area (Å²) in [6, 6.07) is 23.3. The Morgan fingerprint density at radius 2 is 1.72 bits per heavy atom. The van der Waals surface area contributed by atoms with Gasteiger partial charge in [-0.25, -0.2) is 8.42 Å². The van der Waals surface area contributed by atoms with Gasteiger partial charge >= 0.3 is 0 Å². The molecule has 2 heterocycles. The van der Waals surface area contributed by atoms with Gasteiger partial charge < -0.3 is 4.90 Å². The zero-order valence-electron chi connectivity index (χ0n) is 23.1. The second-order valence-corrected chi connectivity index (χ2v) is 14.2. The molecule has 0 aliphatic carbocycles. The highest BCUT2D eigenvalue weighted by Crippen LogP contribution is 2.38. The first-order chi connectivity index (χ1) is 18.6. The van der Waals surface area contributed by atoms with Crippen LogP contribution in [0.2, 0.25) is 0 Å². The highest BCUT2D eigenvalue weighted by molar-refractivity contribution is 7.89. The van der Waals surface area contributed by atoms with Crippen molar-refractivity contribution in [3.8, 4) is 0 Å². The van der Waals surface area contributed by atoms with E-state index in [0.717, 1.165) is 28.3 Å². The van der Waals surface area contributed by atoms with Crippen LogP contribution < -0.4 is 0 Å². The number of carbonyl (C=O) groups excluding carboxylic acids is 1. The molecular weight excluding hydrogens is 524 g/mol. The number of rotatable bonds is 7. The molecule has 0 saturated heterocycles. The second-order valence-electron chi connectivity index (χ2n) is 11.3. The summed E-state index contributed by atoms with van der Waals surface area (Å²) in [5.74, 6) is -0.172. The van der Waals surface area contributed by atoms with E-state index in [9.17, 15) is 13.2 Å². The molecule has 0 saturated carbocycles. The normalized spacial score (nSPS) is 16.0. The van der Waals surface area contributed by atoms with Gasteiger partial charge in [0, 0.05) is 18.0 Å². The lowest BCUT2D eigenvalue weighted by atomic mass is 9.85. The molecule has 1 aromatic heterocycles. The summed E-state index contributed by atoms with van der Waals surface area (Å²) in [5.41, 5.74) is 3.46. The molecule has 1 atom stereocenters. The molecule has 4 aromatic rings. The topological polar surface area (TPSA) is 57.7 Å². The summed E-state index contributed by atoms with van der Waals surface area (Å²) >= 11 is 1.73. The zero-order valence-corrected chi connectivity index (χ0v) is 24.7. The summed E-state index contributed by atoms with van der Waals surface area (Å²) in [6.07, 6.45) is 1.40. The van der Waals surface area contributed by atoms with Crippen LogP contribution in [0, 0.1) is 0 Å². The van der Waals surface area contributed by atoms with Crippen LogP contribution in [0.1, 0.15) is 61.7 Å². The maximum atomic E-state index is 13.9. The lowest BCUT2D eigenvalue weighted by molar-refractivity contribution is -0.133. The fourth-order valence-electron chi connectivity index (χ4n) is 5.36. The summed E-state index contributed by atoms with van der Waals surface area (Å²) in [5, 5.41) is 3.93. The molecule has 39 heavy (non-hydrogen) atoms. The van der Waals surface area contributed by atoms with Gasteiger partial charge in [-0.1, -0.05) is 82.3 Å². The van der Waals surface area contributed by atoms with Crippen LogP contribution in [-0.2, 0) is 26.7 Å². The number of thiophene rings is 1. The van der Waals surface area contributed by atoms with Crippen molar-refractivity contribution in [2.75, 3.05) is 19.6 Å². The molecule has 0 N–H and O–H groups in total. The van der Waals surface area contributed by atoms with Gasteiger partial charge in [-0.05, 0) is 69.3 Å². The number of amides is 1. The van der Waals surface area contributed by atoms with E-state index in [1.54, 1.807) is 23.5 Å². The average Bonchev–Trinajstić information content (AvgIpc) is 3.40. The van der Waals surface area contributed by atoms with Crippen LogP contribution in [0.25, 0.3) is 10.8 Å². The minimum atomic E-state index is -3.85. The Kier molecular flexibility index (Phi) is 7.68. The molecule has 5 rings (SSSR count). The molecule has 0 spiro atoms. The standard InChI is InChI=1S/C32H36N2O3S2/c1-5-18-33(39(36,37)27-15-12-23-8-6-7-9-25(23)21-27)22-30(35)34-19-16-29-28(17-20-38-29)31(34)24-10-13-26(14-11-24)32(2,3)4/h6-15,17,20-21,31H,5,16,18-19,22H2,1-4H3/t31-/m1/s1. The monoisotopic (exact) mass is 560 g/mol. The minimum absolute atomic E-state index is 0.0337. The van der Waals surface area contributed by atoms with Gasteiger partial charge in [0.1, 0.15) is 0 Å². The Bertz CT molecular complexity index is 1580. The molecule has 3 aromatic carbocycles. The van der Waals surface area contributed by atoms with Crippen molar-refractivity contribution >= 4 is 38.0 Å². The van der Waals surface area contributed by atoms with E-state index in [1.165, 1.54) is 14.7 Å². The first-order valence-electron chi connectivity index (χ1n) is 13.5. The van der Waals surface area contributed by atoms with E-state index in [2.05, 4.69) is 56.5 Å². The fourth-order valence-corrected chi connectivity index (χ4v) is 7.78. The van der Waals surface area contributed by atoms with E-state index in [0.29, 0.717) is 13.0 Å². The van der Waals surface area contributed by atoms with Crippen LogP contribution >= 0.6 is 11.3 Å². The molecule has 0 radical (unpaired) electrons. The van der Waals surface area contributed by atoms with Crippen molar-refractivity contribution in [3.05, 3.63) is 99.7 Å². The van der Waals surface area contributed by atoms with Crippen LogP contribution in [0.4, 0.5) is 0 Å². The van der Waals surface area contributed by atoms with E-state index in [-0.39, 0.29) is 35.3 Å². The first-order valence-corrected chi connectivity index (χ1v) is 15.9. The molecule has 1 aliphatic rings. The third-order valence-corrected chi connectivity index (χ3v) is 10.4. The Morgan fingerprint density at radius 3 is 2.41 bits per heavy atom. The minimum Gasteiger partial charge on any atom is -0.330 e. The van der Waals surface area contributed by atoms with E-state index >= 15 is 0 Å². The molecule has 0 unspecified atom stereocenters. The second kappa shape index (κ2) is 10.9. The lowest BCUT2D eigenvalue weighted by Gasteiger charge is -2.37. The van der Waals surface area contributed by atoms with Gasteiger partial charge in [0.05, 0.1) is 17.5 Å². The maximum Gasteiger partial charge on any atom is 0.243 e. The molecule has 1 aliphatic heterocycles. The van der Waals surface area contributed by atoms with Crippen molar-refractivity contribution in [1.29, 1.82) is 0 Å². The Morgan fingerprint density at radius 1 is 1.00 bits per heavy atom. The lowest BCUT2D eigenvalue weighted by Crippen LogP contribution is -2.46. The average molecular weight is 561 g/mol. The third-order valence-electron chi connectivity index (χ3n) is 7.52. The SMILES string of the molecule is CCCN(CC(=O)N1CCc2sccc2[C@H]1c1ccc(C(C)(C)C)cc1)S(=O)(=O)c1ccc2ccccc2c1. The highest BCUT2D eigenvalue weighted by atomic mass is 32.2. The van der Waals surface area contributed by atoms with E-state index in [4.69, 9.17) is 0 Å². The molecule has 7 heteroatoms. The molecule has 1 amide bonds. The number of hydrogen-bond acceptors (Lipinski definition) is 4. The van der Waals surface area contributed by atoms with Gasteiger partial charge in [0.15, 0.2) is 0 Å². The van der Waals surface area contributed by atoms with Crippen molar-refractivity contribution in [3.63, 3.8) is 0 Å². The van der Waals surface area contributed by atoms with Gasteiger partial charge in [-0.15, -0.1) is 11.3 Å². The highest BCUT2D eigenvalue weighted by Gasteiger charge is 2.35. The Balaban J connectivity index is 1.46. The number of fused-ring (bicyclic) bond motifs is 2. The fraction of sp³-hybridized carbons (Fsp3) is 0.344. The molecule has 204 valence electrons. The smallest absolute Gasteiger partial charge is 0.243 e. The van der Waals surface area contributed by atoms with Crippen LogP contribution in [0.5, 0.6) is 0 Å². The third kappa shape index (κ3) is 5.53. The predicted molar refractivity (Wildman–Crippen MR) is 160 cm³/mol. The maximum absolute atomic E-state index is 13.9. The van der Waals surface area contributed by atoms with Crippen molar-refractivity contribution < 1.29 is 13.2 Å². The van der Waals surface area contributed by atoms with Gasteiger partial charge in [-0.2, -0.15) is 4.31 Å². The summed E-state index contributed by atoms with van der Waals surface area (Å²) in [7, 11) is -3.85. The number of hydrogen-bond donors (Lipinski definition) is 0. The Labute approximate surface area is 236 Å². The molecule has 0 fully saturated rings. The number of nitrogens with zero attached hydrogens (tertiary/aromatic N) is 2. The molecule has 0 bridgehead atoms. The van der Waals surface area contributed by atoms with Gasteiger partial charge in [-0.3, -0.25) is 4.79 Å². The Hall–Kier alpha value is -3.00. The first kappa shape index (κ1) is 27.6. The van der Waals surface area contributed by atoms with Gasteiger partial charge in [0.2, 0.25) is 15.9 Å². The molecular formula is C32H36N2O3S2. The van der Waals surface area contributed by atoms with Crippen LogP contribution in [-0.4, -0.2) is 43.2 Å². The largest absolute Gasteiger partial charge is 0.330 e. The molecule has 5 nitrogen and oxygen atoms in total. The number of benzene rings is 3. The number of carbonyl (C=O) groups is 1. The van der Waals surface area contributed by atoms with E-state index < -0.39 is 10.0 Å².